The van der Waals surface area contributed by atoms with Crippen molar-refractivity contribution in [3.8, 4) is 33.4 Å². The molecular weight excluding hydrogens is 617 g/mol. The van der Waals surface area contributed by atoms with Crippen molar-refractivity contribution in [2.45, 2.75) is 0 Å². The lowest BCUT2D eigenvalue weighted by Crippen LogP contribution is -1.91. The molecule has 0 N–H and O–H groups in total. The van der Waals surface area contributed by atoms with Crippen LogP contribution in [0.15, 0.2) is 186 Å². The smallest absolute Gasteiger partial charge is 0.143 e. The molecule has 236 valence electrons. The van der Waals surface area contributed by atoms with E-state index in [4.69, 9.17) is 27.7 Å². The zero-order chi connectivity index (χ0) is 59.6. The van der Waals surface area contributed by atoms with Gasteiger partial charge in [-0.05, 0) is 106 Å². The second kappa shape index (κ2) is 10.9. The van der Waals surface area contributed by atoms with Crippen LogP contribution in [0.4, 0.5) is 0 Å². The molecule has 1 aromatic heterocycles. The lowest BCUT2D eigenvalue weighted by atomic mass is 9.84. The van der Waals surface area contributed by atoms with Gasteiger partial charge in [0.25, 0.3) is 0 Å². The number of furan rings is 1. The van der Waals surface area contributed by atoms with Crippen LogP contribution in [0.2, 0.25) is 0 Å². The van der Waals surface area contributed by atoms with Crippen LogP contribution in [0.5, 0.6) is 0 Å². The van der Waals surface area contributed by atoms with Crippen molar-refractivity contribution in [1.29, 1.82) is 0 Å². The first-order chi connectivity index (χ1) is 37.8. The molecule has 0 unspecified atom stereocenters. The largest absolute Gasteiger partial charge is 0.455 e. The summed E-state index contributed by atoms with van der Waals surface area (Å²) in [6.45, 7) is 0. The van der Waals surface area contributed by atoms with E-state index in [1.54, 1.807) is 0 Å². The zero-order valence-electron chi connectivity index (χ0n) is 55.4. The van der Waals surface area contributed by atoms with Crippen LogP contribution in [0.1, 0.15) is 41.1 Å². The molecule has 0 aliphatic heterocycles. The number of rotatable bonds is 3. The lowest BCUT2D eigenvalue weighted by molar-refractivity contribution is 0.673. The summed E-state index contributed by atoms with van der Waals surface area (Å²) in [5.41, 5.74) is -5.84. The fourth-order valence-electron chi connectivity index (χ4n) is 6.41. The van der Waals surface area contributed by atoms with E-state index in [2.05, 4.69) is 0 Å². The van der Waals surface area contributed by atoms with Crippen molar-refractivity contribution in [3.63, 3.8) is 0 Å². The summed E-state index contributed by atoms with van der Waals surface area (Å²) in [7, 11) is 0. The van der Waals surface area contributed by atoms with Gasteiger partial charge in [-0.25, -0.2) is 0 Å². The minimum absolute atomic E-state index is 0.445. The van der Waals surface area contributed by atoms with Crippen molar-refractivity contribution in [3.05, 3.63) is 181 Å². The predicted molar refractivity (Wildman–Crippen MR) is 218 cm³/mol. The Hall–Kier alpha value is -6.70. The zero-order valence-corrected chi connectivity index (χ0v) is 25.4. The van der Waals surface area contributed by atoms with Crippen LogP contribution in [0, 0.1) is 0 Å². The SMILES string of the molecule is [2H]c1c([2H])c(-c2c([2H])c([2H])c3c([2H])c([2H])c(-c4c5c([2H])c([2H])c([2H])c([2H])c5c(-c5c([2H])c([2H])c([2H])c6c([2H])c([2H])c([2H])c([2H])c56)c5c([2H])c([2H])c([2H])c([2H])c45)c([2H])c3c2[2H])c2c(oc3c4c([2H])c([2H])c([2H])c([2H])c4c([2H])c([2H])c32)c1[2H]. The van der Waals surface area contributed by atoms with E-state index in [0.29, 0.717) is 0 Å². The van der Waals surface area contributed by atoms with Crippen molar-refractivity contribution in [2.24, 2.45) is 0 Å². The topological polar surface area (TPSA) is 13.1 Å². The van der Waals surface area contributed by atoms with Crippen LogP contribution in [0.25, 0.3) is 109 Å². The van der Waals surface area contributed by atoms with Gasteiger partial charge in [-0.2, -0.15) is 0 Å². The average Bonchev–Trinajstić information content (AvgIpc) is 4.07. The van der Waals surface area contributed by atoms with Crippen LogP contribution in [-0.2, 0) is 0 Å². The molecule has 0 saturated carbocycles. The third kappa shape index (κ3) is 4.22. The van der Waals surface area contributed by atoms with E-state index < -0.39 is 290 Å². The highest BCUT2D eigenvalue weighted by Gasteiger charge is 2.19. The molecule has 11 aromatic rings. The molecule has 1 heterocycles. The minimum atomic E-state index is -1.08. The normalized spacial score (nSPS) is 20.2. The van der Waals surface area contributed by atoms with E-state index in [1.165, 1.54) is 0 Å². The number of benzene rings is 10. The van der Waals surface area contributed by atoms with Crippen LogP contribution in [-0.4, -0.2) is 0 Å². The van der Waals surface area contributed by atoms with Gasteiger partial charge in [0.15, 0.2) is 0 Å². The first-order valence-electron chi connectivity index (χ1n) is 30.2. The second-order valence-corrected chi connectivity index (χ2v) is 11.3. The summed E-state index contributed by atoms with van der Waals surface area (Å²) in [6, 6.07) is -28.2. The summed E-state index contributed by atoms with van der Waals surface area (Å²) in [4.78, 5) is 0. The molecule has 0 fully saturated rings. The van der Waals surface area contributed by atoms with Gasteiger partial charge in [0.1, 0.15) is 11.2 Å². The van der Waals surface area contributed by atoms with Gasteiger partial charge in [-0.1, -0.05) is 157 Å². The molecule has 0 radical (unpaired) electrons. The van der Waals surface area contributed by atoms with Gasteiger partial charge in [-0.15, -0.1) is 0 Å². The van der Waals surface area contributed by atoms with Gasteiger partial charge in [0, 0.05) is 16.2 Å². The Kier molecular flexibility index (Phi) is 2.50. The van der Waals surface area contributed by atoms with E-state index >= 15 is 0 Å². The highest BCUT2D eigenvalue weighted by Crippen LogP contribution is 2.46. The molecule has 0 spiro atoms. The molecule has 0 atom stereocenters. The molecular formula is C50H30O. The Morgan fingerprint density at radius 3 is 1.61 bits per heavy atom. The van der Waals surface area contributed by atoms with E-state index in [0.717, 1.165) is 0 Å². The molecule has 0 amide bonds. The molecule has 11 rings (SSSR count). The molecule has 0 aliphatic carbocycles. The molecule has 0 bridgehead atoms. The molecule has 0 aliphatic rings. The Labute approximate surface area is 336 Å². The molecule has 10 aromatic carbocycles. The maximum absolute atomic E-state index is 10.0. The van der Waals surface area contributed by atoms with Crippen molar-refractivity contribution in [1.82, 2.24) is 0 Å². The maximum atomic E-state index is 10.0. The summed E-state index contributed by atoms with van der Waals surface area (Å²) < 4.78 is 279. The van der Waals surface area contributed by atoms with Gasteiger partial charge in [0.2, 0.25) is 0 Å². The molecule has 1 heteroatoms. The number of fused-ring (bicyclic) bond motifs is 9. The highest BCUT2D eigenvalue weighted by atomic mass is 16.3. The standard InChI is InChI=1S/C50H30O/c1-3-14-37-32(11-1)13-9-21-40(37)48-43-18-7-5-16-41(43)47(42-17-6-8-19-44(42)48)35-26-24-31-23-25-34(29-36(31)30-35)38-20-10-22-46-49(38)45-28-27-33-12-2-4-15-39(33)50(45)51-46/h1-30H/i1D,2D,3D,4D,5D,6D,7D,8D,9D,10D,11D,12D,13D,14D,15D,16D,17D,18D,19D,20D,21D,22D,23D,24D,25D,26D,27D,28D,29D,30D. The second-order valence-electron chi connectivity index (χ2n) is 11.3. The fraction of sp³-hybridized carbons (Fsp3) is 0. The average molecular weight is 677 g/mol. The summed E-state index contributed by atoms with van der Waals surface area (Å²) in [5, 5.41) is -7.91. The number of hydrogen-bond acceptors (Lipinski definition) is 1. The maximum Gasteiger partial charge on any atom is 0.143 e. The van der Waals surface area contributed by atoms with Crippen molar-refractivity contribution in [2.75, 3.05) is 0 Å². The highest BCUT2D eigenvalue weighted by molar-refractivity contribution is 6.24. The Morgan fingerprint density at radius 2 is 0.863 bits per heavy atom. The van der Waals surface area contributed by atoms with Crippen LogP contribution >= 0.6 is 0 Å². The summed E-state index contributed by atoms with van der Waals surface area (Å²) in [6.07, 6.45) is 0. The number of hydrogen-bond donors (Lipinski definition) is 0. The van der Waals surface area contributed by atoms with Gasteiger partial charge >= 0.3 is 0 Å². The molecule has 0 saturated heterocycles. The third-order valence-corrected chi connectivity index (χ3v) is 8.56. The first-order valence-corrected chi connectivity index (χ1v) is 15.2. The van der Waals surface area contributed by atoms with Gasteiger partial charge in [0.05, 0.1) is 41.1 Å². The van der Waals surface area contributed by atoms with Crippen molar-refractivity contribution >= 4 is 75.8 Å². The quantitative estimate of drug-likeness (QED) is 0.170. The fourth-order valence-corrected chi connectivity index (χ4v) is 6.41. The van der Waals surface area contributed by atoms with Gasteiger partial charge in [-0.3, -0.25) is 0 Å². The Bertz CT molecular complexity index is 4840. The summed E-state index contributed by atoms with van der Waals surface area (Å²) in [5.74, 6) is 0. The minimum Gasteiger partial charge on any atom is -0.455 e. The lowest BCUT2D eigenvalue weighted by Gasteiger charge is -2.19. The van der Waals surface area contributed by atoms with Crippen LogP contribution < -0.4 is 0 Å². The summed E-state index contributed by atoms with van der Waals surface area (Å²) >= 11 is 0. The molecule has 1 nitrogen and oxygen atoms in total. The van der Waals surface area contributed by atoms with E-state index in [1.807, 2.05) is 0 Å². The Morgan fingerprint density at radius 1 is 0.333 bits per heavy atom. The van der Waals surface area contributed by atoms with Gasteiger partial charge < -0.3 is 4.42 Å². The Balaban J connectivity index is 1.40. The first kappa shape index (κ1) is 11.7. The monoisotopic (exact) mass is 676 g/mol. The van der Waals surface area contributed by atoms with E-state index in [-0.39, 0.29) is 0 Å². The van der Waals surface area contributed by atoms with Crippen molar-refractivity contribution < 1.29 is 45.5 Å². The molecule has 51 heavy (non-hydrogen) atoms. The van der Waals surface area contributed by atoms with Crippen LogP contribution in [0.3, 0.4) is 0 Å². The third-order valence-electron chi connectivity index (χ3n) is 8.56. The predicted octanol–water partition coefficient (Wildman–Crippen LogP) is 14.4. The van der Waals surface area contributed by atoms with E-state index in [9.17, 15) is 17.8 Å².